The van der Waals surface area contributed by atoms with Gasteiger partial charge < -0.3 is 5.32 Å². The maximum absolute atomic E-state index is 4.65. The van der Waals surface area contributed by atoms with Crippen LogP contribution in [-0.2, 0) is 12.8 Å². The average Bonchev–Trinajstić information content (AvgIpc) is 3.11. The van der Waals surface area contributed by atoms with Crippen molar-refractivity contribution in [2.24, 2.45) is 17.8 Å². The van der Waals surface area contributed by atoms with E-state index < -0.39 is 0 Å². The van der Waals surface area contributed by atoms with E-state index in [1.165, 1.54) is 43.4 Å². The average molecular weight is 286 g/mol. The summed E-state index contributed by atoms with van der Waals surface area (Å²) in [7, 11) is 0. The number of hydrogen-bond acceptors (Lipinski definition) is 2. The number of nitrogens with zero attached hydrogens (tertiary/aromatic N) is 1. The van der Waals surface area contributed by atoms with Gasteiger partial charge in [0, 0.05) is 24.4 Å². The summed E-state index contributed by atoms with van der Waals surface area (Å²) in [5.41, 5.74) is 2.59. The maximum atomic E-state index is 4.65. The van der Waals surface area contributed by atoms with Gasteiger partial charge in [-0.2, -0.15) is 0 Å². The molecule has 0 saturated heterocycles. The topological polar surface area (TPSA) is 24.9 Å². The van der Waals surface area contributed by atoms with Crippen molar-refractivity contribution in [3.63, 3.8) is 0 Å². The summed E-state index contributed by atoms with van der Waals surface area (Å²) >= 11 is 0. The Morgan fingerprint density at radius 3 is 2.71 bits per heavy atom. The van der Waals surface area contributed by atoms with Gasteiger partial charge >= 0.3 is 0 Å². The van der Waals surface area contributed by atoms with Crippen molar-refractivity contribution in [3.8, 4) is 0 Å². The third-order valence-electron chi connectivity index (χ3n) is 5.71. The minimum Gasteiger partial charge on any atom is -0.314 e. The van der Waals surface area contributed by atoms with Crippen LogP contribution in [0, 0.1) is 17.8 Å². The lowest BCUT2D eigenvalue weighted by atomic mass is 9.83. The lowest BCUT2D eigenvalue weighted by molar-refractivity contribution is 0.277. The van der Waals surface area contributed by atoms with Crippen LogP contribution < -0.4 is 5.32 Å². The molecule has 2 saturated carbocycles. The molecule has 0 amide bonds. The van der Waals surface area contributed by atoms with E-state index in [-0.39, 0.29) is 0 Å². The van der Waals surface area contributed by atoms with E-state index in [1.807, 2.05) is 0 Å². The third kappa shape index (κ3) is 3.66. The van der Waals surface area contributed by atoms with Gasteiger partial charge in [-0.25, -0.2) is 0 Å². The molecular formula is C19H30N2. The van der Waals surface area contributed by atoms with Gasteiger partial charge in [0.15, 0.2) is 0 Å². The summed E-state index contributed by atoms with van der Waals surface area (Å²) in [6, 6.07) is 5.08. The second kappa shape index (κ2) is 6.91. The zero-order valence-electron chi connectivity index (χ0n) is 13.6. The van der Waals surface area contributed by atoms with E-state index in [9.17, 15) is 0 Å². The molecule has 2 bridgehead atoms. The molecule has 0 aromatic carbocycles. The molecule has 1 aromatic heterocycles. The Hall–Kier alpha value is -0.890. The first-order valence-corrected chi connectivity index (χ1v) is 8.95. The van der Waals surface area contributed by atoms with Crippen LogP contribution in [0.5, 0.6) is 0 Å². The first-order chi connectivity index (χ1) is 10.3. The fraction of sp³-hybridized carbons (Fsp3) is 0.737. The van der Waals surface area contributed by atoms with Crippen LogP contribution >= 0.6 is 0 Å². The molecule has 2 nitrogen and oxygen atoms in total. The number of nitrogens with one attached hydrogen (secondary N) is 1. The van der Waals surface area contributed by atoms with E-state index >= 15 is 0 Å². The Morgan fingerprint density at radius 1 is 1.24 bits per heavy atom. The van der Waals surface area contributed by atoms with Crippen LogP contribution in [-0.4, -0.2) is 17.6 Å². The highest BCUT2D eigenvalue weighted by atomic mass is 14.9. The van der Waals surface area contributed by atoms with E-state index in [1.54, 1.807) is 0 Å². The van der Waals surface area contributed by atoms with Crippen molar-refractivity contribution in [1.82, 2.24) is 10.3 Å². The highest BCUT2D eigenvalue weighted by Crippen LogP contribution is 2.49. The molecular weight excluding hydrogens is 256 g/mol. The molecule has 0 aliphatic heterocycles. The SMILES string of the molecule is CCNC(Cc1ccc(CC)cn1)CC1CC2CCC1C2. The zero-order valence-corrected chi connectivity index (χ0v) is 13.6. The Kier molecular flexibility index (Phi) is 4.95. The van der Waals surface area contributed by atoms with Crippen LogP contribution in [0.4, 0.5) is 0 Å². The van der Waals surface area contributed by atoms with Crippen LogP contribution in [0.15, 0.2) is 18.3 Å². The predicted molar refractivity (Wildman–Crippen MR) is 88.3 cm³/mol. The highest BCUT2D eigenvalue weighted by Gasteiger charge is 2.39. The molecule has 1 aromatic rings. The van der Waals surface area contributed by atoms with E-state index in [0.29, 0.717) is 6.04 Å². The first kappa shape index (κ1) is 15.0. The number of pyridine rings is 1. The summed E-state index contributed by atoms with van der Waals surface area (Å²) < 4.78 is 0. The monoisotopic (exact) mass is 286 g/mol. The number of hydrogen-bond donors (Lipinski definition) is 1. The molecule has 0 spiro atoms. The van der Waals surface area contributed by atoms with Gasteiger partial charge in [-0.1, -0.05) is 26.3 Å². The molecule has 0 radical (unpaired) electrons. The maximum Gasteiger partial charge on any atom is 0.0419 e. The fourth-order valence-corrected chi connectivity index (χ4v) is 4.60. The largest absolute Gasteiger partial charge is 0.314 e. The van der Waals surface area contributed by atoms with Crippen LogP contribution in [0.1, 0.15) is 57.2 Å². The van der Waals surface area contributed by atoms with E-state index in [0.717, 1.165) is 37.1 Å². The number of fused-ring (bicyclic) bond motifs is 2. The lowest BCUT2D eigenvalue weighted by Crippen LogP contribution is -2.34. The number of aromatic nitrogens is 1. The summed E-state index contributed by atoms with van der Waals surface area (Å²) in [6.45, 7) is 5.48. The predicted octanol–water partition coefficient (Wildman–Crippen LogP) is 3.99. The molecule has 116 valence electrons. The van der Waals surface area contributed by atoms with Gasteiger partial charge in [0.25, 0.3) is 0 Å². The summed E-state index contributed by atoms with van der Waals surface area (Å²) in [5.74, 6) is 3.07. The zero-order chi connectivity index (χ0) is 14.7. The smallest absolute Gasteiger partial charge is 0.0419 e. The van der Waals surface area contributed by atoms with Crippen LogP contribution in [0.3, 0.4) is 0 Å². The van der Waals surface area contributed by atoms with E-state index in [2.05, 4.69) is 42.5 Å². The number of aryl methyl sites for hydroxylation is 1. The second-order valence-corrected chi connectivity index (χ2v) is 7.14. The van der Waals surface area contributed by atoms with Crippen molar-refractivity contribution >= 4 is 0 Å². The van der Waals surface area contributed by atoms with Crippen molar-refractivity contribution in [2.75, 3.05) is 6.54 Å². The molecule has 4 atom stereocenters. The highest BCUT2D eigenvalue weighted by molar-refractivity contribution is 5.14. The van der Waals surface area contributed by atoms with Crippen molar-refractivity contribution in [3.05, 3.63) is 29.6 Å². The Bertz CT molecular complexity index is 439. The minimum absolute atomic E-state index is 0.610. The molecule has 2 heteroatoms. The summed E-state index contributed by atoms with van der Waals surface area (Å²) in [5, 5.41) is 3.71. The normalized spacial score (nSPS) is 29.0. The van der Waals surface area contributed by atoms with Gasteiger partial charge in [-0.3, -0.25) is 4.98 Å². The van der Waals surface area contributed by atoms with Crippen molar-refractivity contribution < 1.29 is 0 Å². The Morgan fingerprint density at radius 2 is 2.14 bits per heavy atom. The van der Waals surface area contributed by atoms with Gasteiger partial charge in [0.2, 0.25) is 0 Å². The molecule has 1 heterocycles. The van der Waals surface area contributed by atoms with Gasteiger partial charge in [0.05, 0.1) is 0 Å². The Labute approximate surface area is 129 Å². The molecule has 3 rings (SSSR count). The molecule has 21 heavy (non-hydrogen) atoms. The molecule has 2 aliphatic rings. The van der Waals surface area contributed by atoms with E-state index in [4.69, 9.17) is 0 Å². The number of likely N-dealkylation sites (N-methyl/N-ethyl adjacent to an activating group) is 1. The minimum atomic E-state index is 0.610. The quantitative estimate of drug-likeness (QED) is 0.820. The summed E-state index contributed by atoms with van der Waals surface area (Å²) in [4.78, 5) is 4.65. The molecule has 1 N–H and O–H groups in total. The molecule has 2 aliphatic carbocycles. The third-order valence-corrected chi connectivity index (χ3v) is 5.71. The second-order valence-electron chi connectivity index (χ2n) is 7.14. The molecule has 2 fully saturated rings. The van der Waals surface area contributed by atoms with Crippen molar-refractivity contribution in [2.45, 2.75) is 64.8 Å². The lowest BCUT2D eigenvalue weighted by Gasteiger charge is -2.27. The molecule has 4 unspecified atom stereocenters. The number of rotatable bonds is 7. The van der Waals surface area contributed by atoms with Gasteiger partial charge in [-0.15, -0.1) is 0 Å². The fourth-order valence-electron chi connectivity index (χ4n) is 4.60. The Balaban J connectivity index is 1.58. The standard InChI is InChI=1S/C19H30N2/c1-3-14-6-8-18(21-13-14)12-19(20-4-2)11-17-10-15-5-7-16(17)9-15/h6,8,13,15-17,19-20H,3-5,7,9-12H2,1-2H3. The summed E-state index contributed by atoms with van der Waals surface area (Å²) in [6.07, 6.45) is 11.6. The van der Waals surface area contributed by atoms with Gasteiger partial charge in [-0.05, 0) is 68.0 Å². The van der Waals surface area contributed by atoms with Gasteiger partial charge in [0.1, 0.15) is 0 Å². The van der Waals surface area contributed by atoms with Crippen LogP contribution in [0.2, 0.25) is 0 Å². The van der Waals surface area contributed by atoms with Crippen LogP contribution in [0.25, 0.3) is 0 Å². The first-order valence-electron chi connectivity index (χ1n) is 8.95. The van der Waals surface area contributed by atoms with Crippen molar-refractivity contribution in [1.29, 1.82) is 0 Å².